The monoisotopic (exact) mass is 427 g/mol. The van der Waals surface area contributed by atoms with Crippen molar-refractivity contribution in [2.45, 2.75) is 46.1 Å². The zero-order valence-electron chi connectivity index (χ0n) is 17.5. The van der Waals surface area contributed by atoms with Crippen molar-refractivity contribution in [3.05, 3.63) is 56.9 Å². The molecule has 30 heavy (non-hydrogen) atoms. The van der Waals surface area contributed by atoms with Gasteiger partial charge in [-0.2, -0.15) is 5.10 Å². The van der Waals surface area contributed by atoms with Crippen molar-refractivity contribution in [2.75, 3.05) is 13.1 Å². The minimum absolute atomic E-state index is 0.105. The lowest BCUT2D eigenvalue weighted by Gasteiger charge is -2.34. The first-order valence-corrected chi connectivity index (χ1v) is 10.7. The first-order chi connectivity index (χ1) is 14.3. The van der Waals surface area contributed by atoms with E-state index in [9.17, 15) is 9.59 Å². The van der Waals surface area contributed by atoms with Crippen LogP contribution in [-0.4, -0.2) is 43.6 Å². The molecule has 1 fully saturated rings. The number of H-pyrrole nitrogens is 1. The molecule has 0 aliphatic carbocycles. The van der Waals surface area contributed by atoms with Crippen molar-refractivity contribution in [1.82, 2.24) is 24.6 Å². The molecule has 0 unspecified atom stereocenters. The first-order valence-electron chi connectivity index (χ1n) is 10.3. The summed E-state index contributed by atoms with van der Waals surface area (Å²) in [6.07, 6.45) is 3.46. The molecule has 0 saturated carbocycles. The molecular formula is C22H26ClN5O2. The molecule has 3 aromatic heterocycles. The molecular weight excluding hydrogens is 402 g/mol. The van der Waals surface area contributed by atoms with E-state index in [0.29, 0.717) is 23.6 Å². The van der Waals surface area contributed by atoms with Gasteiger partial charge in [-0.25, -0.2) is 0 Å². The summed E-state index contributed by atoms with van der Waals surface area (Å²) in [5.74, 6) is 0.00109. The van der Waals surface area contributed by atoms with Gasteiger partial charge in [0.15, 0.2) is 0 Å². The second-order valence-electron chi connectivity index (χ2n) is 8.19. The molecule has 3 aromatic rings. The van der Waals surface area contributed by atoms with Crippen molar-refractivity contribution in [1.29, 1.82) is 0 Å². The van der Waals surface area contributed by atoms with Gasteiger partial charge < -0.3 is 9.88 Å². The van der Waals surface area contributed by atoms with Crippen molar-refractivity contribution in [3.8, 4) is 0 Å². The van der Waals surface area contributed by atoms with Gasteiger partial charge in [0.2, 0.25) is 5.91 Å². The standard InChI is InChI=1S/C22H26ClN5O2/c1-13(11-28-15(3)19(23)14(2)26-28)22(30)27-9-5-7-17(12-27)18-10-16-6-4-8-24-20(16)21(29)25-18/h4,6,8,10,13,17H,5,7,9,11-12H2,1-3H3,(H,25,29)/t13-,17-/m1/s1. The molecule has 0 radical (unpaired) electrons. The molecule has 0 aromatic carbocycles. The van der Waals surface area contributed by atoms with E-state index in [-0.39, 0.29) is 23.3 Å². The molecule has 0 spiro atoms. The fraction of sp³-hybridized carbons (Fsp3) is 0.455. The van der Waals surface area contributed by atoms with Crippen LogP contribution in [0, 0.1) is 19.8 Å². The Morgan fingerprint density at radius 2 is 2.20 bits per heavy atom. The number of likely N-dealkylation sites (tertiary alicyclic amines) is 1. The third kappa shape index (κ3) is 3.86. The number of pyridine rings is 2. The topological polar surface area (TPSA) is 83.9 Å². The number of nitrogens with zero attached hydrogens (tertiary/aromatic N) is 4. The second-order valence-corrected chi connectivity index (χ2v) is 8.56. The molecule has 1 saturated heterocycles. The summed E-state index contributed by atoms with van der Waals surface area (Å²) in [6, 6.07) is 5.72. The summed E-state index contributed by atoms with van der Waals surface area (Å²) >= 11 is 6.24. The van der Waals surface area contributed by atoms with Crippen LogP contribution in [0.5, 0.6) is 0 Å². The SMILES string of the molecule is Cc1nn(C[C@@H](C)C(=O)N2CCC[C@@H](c3cc4cccnc4c(=O)[nH]3)C2)c(C)c1Cl. The average Bonchev–Trinajstić information content (AvgIpc) is 2.99. The molecule has 0 bridgehead atoms. The van der Waals surface area contributed by atoms with Gasteiger partial charge in [-0.3, -0.25) is 19.3 Å². The number of fused-ring (bicyclic) bond motifs is 1. The zero-order valence-corrected chi connectivity index (χ0v) is 18.2. The molecule has 1 N–H and O–H groups in total. The van der Waals surface area contributed by atoms with Crippen molar-refractivity contribution >= 4 is 28.4 Å². The highest BCUT2D eigenvalue weighted by atomic mass is 35.5. The summed E-state index contributed by atoms with van der Waals surface area (Å²) in [7, 11) is 0. The maximum Gasteiger partial charge on any atom is 0.274 e. The highest BCUT2D eigenvalue weighted by Crippen LogP contribution is 2.28. The summed E-state index contributed by atoms with van der Waals surface area (Å²) in [5.41, 5.74) is 2.80. The van der Waals surface area contributed by atoms with Gasteiger partial charge in [-0.05, 0) is 38.8 Å². The molecule has 2 atom stereocenters. The number of aryl methyl sites for hydroxylation is 1. The van der Waals surface area contributed by atoms with Crippen LogP contribution in [0.4, 0.5) is 0 Å². The smallest absolute Gasteiger partial charge is 0.274 e. The molecule has 1 aliphatic heterocycles. The molecule has 158 valence electrons. The van der Waals surface area contributed by atoms with Crippen molar-refractivity contribution in [2.24, 2.45) is 5.92 Å². The Morgan fingerprint density at radius 3 is 2.93 bits per heavy atom. The Kier molecular flexibility index (Phi) is 5.64. The van der Waals surface area contributed by atoms with Gasteiger partial charge in [-0.15, -0.1) is 0 Å². The number of halogens is 1. The van der Waals surface area contributed by atoms with Gasteiger partial charge in [0.05, 0.1) is 28.9 Å². The van der Waals surface area contributed by atoms with E-state index in [1.165, 1.54) is 0 Å². The van der Waals surface area contributed by atoms with Gasteiger partial charge >= 0.3 is 0 Å². The Labute approximate surface area is 180 Å². The number of piperidine rings is 1. The van der Waals surface area contributed by atoms with Crippen LogP contribution in [0.25, 0.3) is 10.9 Å². The van der Waals surface area contributed by atoms with Crippen LogP contribution in [0.2, 0.25) is 5.02 Å². The summed E-state index contributed by atoms with van der Waals surface area (Å²) in [6.45, 7) is 7.55. The molecule has 4 heterocycles. The fourth-order valence-corrected chi connectivity index (χ4v) is 4.41. The summed E-state index contributed by atoms with van der Waals surface area (Å²) in [4.78, 5) is 34.6. The van der Waals surface area contributed by atoms with E-state index >= 15 is 0 Å². The molecule has 4 rings (SSSR count). The lowest BCUT2D eigenvalue weighted by molar-refractivity contribution is -0.136. The van der Waals surface area contributed by atoms with Crippen LogP contribution in [0.3, 0.4) is 0 Å². The number of rotatable bonds is 4. The number of carbonyl (C=O) groups excluding carboxylic acids is 1. The number of hydrogen-bond donors (Lipinski definition) is 1. The molecule has 1 aliphatic rings. The van der Waals surface area contributed by atoms with Gasteiger partial charge in [0, 0.05) is 36.3 Å². The molecule has 7 nitrogen and oxygen atoms in total. The largest absolute Gasteiger partial charge is 0.342 e. The number of aromatic nitrogens is 4. The average molecular weight is 428 g/mol. The van der Waals surface area contributed by atoms with Crippen LogP contribution >= 0.6 is 11.6 Å². The third-order valence-corrected chi connectivity index (χ3v) is 6.50. The van der Waals surface area contributed by atoms with E-state index in [1.54, 1.807) is 6.20 Å². The lowest BCUT2D eigenvalue weighted by atomic mass is 9.92. The number of nitrogens with one attached hydrogen (secondary N) is 1. The Morgan fingerprint density at radius 1 is 1.40 bits per heavy atom. The van der Waals surface area contributed by atoms with Gasteiger partial charge in [0.1, 0.15) is 5.52 Å². The number of carbonyl (C=O) groups is 1. The van der Waals surface area contributed by atoms with E-state index in [0.717, 1.165) is 41.9 Å². The van der Waals surface area contributed by atoms with Gasteiger partial charge in [-0.1, -0.05) is 24.6 Å². The predicted octanol–water partition coefficient (Wildman–Crippen LogP) is 3.43. The van der Waals surface area contributed by atoms with Crippen molar-refractivity contribution < 1.29 is 4.79 Å². The molecule has 1 amide bonds. The summed E-state index contributed by atoms with van der Waals surface area (Å²) in [5, 5.41) is 5.93. The Balaban J connectivity index is 1.50. The molecule has 8 heteroatoms. The Hall–Kier alpha value is -2.67. The zero-order chi connectivity index (χ0) is 21.4. The van der Waals surface area contributed by atoms with E-state index in [1.807, 2.05) is 48.6 Å². The van der Waals surface area contributed by atoms with Crippen LogP contribution in [-0.2, 0) is 11.3 Å². The normalized spacial score (nSPS) is 18.0. The predicted molar refractivity (Wildman–Crippen MR) is 117 cm³/mol. The number of amides is 1. The summed E-state index contributed by atoms with van der Waals surface area (Å²) < 4.78 is 1.81. The van der Waals surface area contributed by atoms with Crippen LogP contribution < -0.4 is 5.56 Å². The third-order valence-electron chi connectivity index (χ3n) is 5.96. The van der Waals surface area contributed by atoms with E-state index < -0.39 is 0 Å². The Bertz CT molecular complexity index is 1150. The first kappa shape index (κ1) is 20.6. The van der Waals surface area contributed by atoms with Crippen molar-refractivity contribution in [3.63, 3.8) is 0 Å². The minimum atomic E-state index is -0.210. The van der Waals surface area contributed by atoms with Gasteiger partial charge in [0.25, 0.3) is 5.56 Å². The lowest BCUT2D eigenvalue weighted by Crippen LogP contribution is -2.43. The fourth-order valence-electron chi connectivity index (χ4n) is 4.27. The maximum atomic E-state index is 13.1. The number of hydrogen-bond acceptors (Lipinski definition) is 4. The minimum Gasteiger partial charge on any atom is -0.342 e. The highest BCUT2D eigenvalue weighted by Gasteiger charge is 2.29. The van der Waals surface area contributed by atoms with Crippen LogP contribution in [0.1, 0.15) is 42.8 Å². The second kappa shape index (κ2) is 8.22. The highest BCUT2D eigenvalue weighted by molar-refractivity contribution is 6.31. The quantitative estimate of drug-likeness (QED) is 0.691. The number of aromatic amines is 1. The van der Waals surface area contributed by atoms with Crippen LogP contribution in [0.15, 0.2) is 29.2 Å². The van der Waals surface area contributed by atoms with E-state index in [4.69, 9.17) is 11.6 Å². The maximum absolute atomic E-state index is 13.1. The van der Waals surface area contributed by atoms with E-state index in [2.05, 4.69) is 15.1 Å².